The number of unbranched alkanes of at least 4 members (excludes halogenated alkanes) is 1. The molecule has 2 aromatic rings. The summed E-state index contributed by atoms with van der Waals surface area (Å²) in [6.45, 7) is 10.5. The smallest absolute Gasteiger partial charge is 0.224 e. The molecule has 2 heterocycles. The molecule has 7 heteroatoms. The summed E-state index contributed by atoms with van der Waals surface area (Å²) in [5.41, 5.74) is 3.47. The van der Waals surface area contributed by atoms with E-state index in [0.717, 1.165) is 54.5 Å². The van der Waals surface area contributed by atoms with Crippen LogP contribution in [0.5, 0.6) is 0 Å². The molecule has 0 bridgehead atoms. The number of benzene rings is 1. The predicted molar refractivity (Wildman–Crippen MR) is 124 cm³/mol. The maximum absolute atomic E-state index is 12.5. The van der Waals surface area contributed by atoms with E-state index < -0.39 is 0 Å². The van der Waals surface area contributed by atoms with Crippen molar-refractivity contribution in [2.24, 2.45) is 5.92 Å². The molecule has 1 saturated heterocycles. The van der Waals surface area contributed by atoms with Crippen molar-refractivity contribution in [3.8, 4) is 5.69 Å². The third-order valence-corrected chi connectivity index (χ3v) is 6.42. The molecule has 0 aliphatic carbocycles. The van der Waals surface area contributed by atoms with Crippen molar-refractivity contribution in [2.75, 3.05) is 26.2 Å². The summed E-state index contributed by atoms with van der Waals surface area (Å²) in [6, 6.07) is 5.33. The number of hydrogen-bond donors (Lipinski definition) is 1. The van der Waals surface area contributed by atoms with Crippen LogP contribution in [0.2, 0.25) is 10.0 Å². The summed E-state index contributed by atoms with van der Waals surface area (Å²) >= 11 is 12.3. The molecule has 0 radical (unpaired) electrons. The van der Waals surface area contributed by atoms with Gasteiger partial charge in [-0.1, -0.05) is 30.1 Å². The van der Waals surface area contributed by atoms with Gasteiger partial charge in [0.2, 0.25) is 5.91 Å². The Balaban J connectivity index is 1.49. The van der Waals surface area contributed by atoms with Crippen LogP contribution in [-0.2, 0) is 11.2 Å². The Morgan fingerprint density at radius 2 is 2.07 bits per heavy atom. The third-order valence-electron chi connectivity index (χ3n) is 5.88. The summed E-state index contributed by atoms with van der Waals surface area (Å²) in [7, 11) is 0. The average molecular weight is 451 g/mol. The topological polar surface area (TPSA) is 50.2 Å². The minimum absolute atomic E-state index is 0.0366. The molecule has 0 saturated carbocycles. The lowest BCUT2D eigenvalue weighted by Crippen LogP contribution is -2.35. The van der Waals surface area contributed by atoms with Gasteiger partial charge in [-0.15, -0.1) is 0 Å². The first-order chi connectivity index (χ1) is 14.3. The van der Waals surface area contributed by atoms with E-state index in [4.69, 9.17) is 23.2 Å². The van der Waals surface area contributed by atoms with Gasteiger partial charge in [-0.3, -0.25) is 4.79 Å². The lowest BCUT2D eigenvalue weighted by molar-refractivity contribution is -0.120. The van der Waals surface area contributed by atoms with Crippen LogP contribution < -0.4 is 5.32 Å². The maximum atomic E-state index is 12.5. The van der Waals surface area contributed by atoms with Gasteiger partial charge in [0.15, 0.2) is 0 Å². The summed E-state index contributed by atoms with van der Waals surface area (Å²) in [4.78, 5) is 15.0. The van der Waals surface area contributed by atoms with Crippen molar-refractivity contribution in [3.05, 3.63) is 45.2 Å². The molecule has 3 rings (SSSR count). The van der Waals surface area contributed by atoms with E-state index in [-0.39, 0.29) is 5.91 Å². The van der Waals surface area contributed by atoms with Crippen molar-refractivity contribution >= 4 is 29.1 Å². The molecular weight excluding hydrogens is 419 g/mol. The van der Waals surface area contributed by atoms with Crippen molar-refractivity contribution in [1.82, 2.24) is 20.0 Å². The number of carbonyl (C=O) groups is 1. The molecule has 1 unspecified atom stereocenters. The molecule has 164 valence electrons. The summed E-state index contributed by atoms with van der Waals surface area (Å²) in [6.07, 6.45) is 5.12. The number of aromatic nitrogens is 2. The fraction of sp³-hybridized carbons (Fsp3) is 0.565. The highest BCUT2D eigenvalue weighted by atomic mass is 35.5. The quantitative estimate of drug-likeness (QED) is 0.577. The van der Waals surface area contributed by atoms with Gasteiger partial charge in [-0.2, -0.15) is 5.10 Å². The second-order valence-corrected chi connectivity index (χ2v) is 9.28. The molecule has 1 N–H and O–H groups in total. The monoisotopic (exact) mass is 450 g/mol. The Morgan fingerprint density at radius 3 is 2.80 bits per heavy atom. The highest BCUT2D eigenvalue weighted by Crippen LogP contribution is 2.27. The Bertz CT molecular complexity index is 880. The summed E-state index contributed by atoms with van der Waals surface area (Å²) in [5, 5.41) is 8.77. The molecule has 0 spiro atoms. The second kappa shape index (κ2) is 10.7. The van der Waals surface area contributed by atoms with Crippen molar-refractivity contribution in [2.45, 2.75) is 52.9 Å². The molecule has 1 fully saturated rings. The predicted octanol–water partition coefficient (Wildman–Crippen LogP) is 4.97. The van der Waals surface area contributed by atoms with Gasteiger partial charge in [-0.05, 0) is 76.7 Å². The molecule has 1 amide bonds. The highest BCUT2D eigenvalue weighted by molar-refractivity contribution is 6.35. The molecule has 1 atom stereocenters. The van der Waals surface area contributed by atoms with Gasteiger partial charge in [-0.25, -0.2) is 4.68 Å². The average Bonchev–Trinajstić information content (AvgIpc) is 2.96. The van der Waals surface area contributed by atoms with E-state index in [1.54, 1.807) is 16.8 Å². The Hall–Kier alpha value is -1.56. The number of hydrogen-bond acceptors (Lipinski definition) is 3. The van der Waals surface area contributed by atoms with Crippen LogP contribution in [0.15, 0.2) is 18.2 Å². The number of nitrogens with zero attached hydrogens (tertiary/aromatic N) is 3. The summed E-state index contributed by atoms with van der Waals surface area (Å²) in [5.74, 6) is 0.850. The molecule has 1 aromatic carbocycles. The first kappa shape index (κ1) is 23.1. The Labute approximate surface area is 189 Å². The van der Waals surface area contributed by atoms with Gasteiger partial charge in [0, 0.05) is 29.4 Å². The van der Waals surface area contributed by atoms with Crippen LogP contribution in [0.1, 0.15) is 49.6 Å². The number of amides is 1. The lowest BCUT2D eigenvalue weighted by Gasteiger charge is -2.30. The van der Waals surface area contributed by atoms with Gasteiger partial charge < -0.3 is 10.2 Å². The van der Waals surface area contributed by atoms with Gasteiger partial charge in [0.25, 0.3) is 0 Å². The molecular formula is C23H32Cl2N4O. The van der Waals surface area contributed by atoms with Crippen molar-refractivity contribution in [3.63, 3.8) is 0 Å². The normalized spacial score (nSPS) is 17.3. The number of rotatable bonds is 8. The minimum atomic E-state index is 0.0366. The van der Waals surface area contributed by atoms with E-state index in [9.17, 15) is 4.79 Å². The van der Waals surface area contributed by atoms with Gasteiger partial charge in [0.05, 0.1) is 22.8 Å². The number of halogens is 2. The molecule has 30 heavy (non-hydrogen) atoms. The molecule has 1 aromatic heterocycles. The molecule has 1 aliphatic heterocycles. The first-order valence-electron chi connectivity index (χ1n) is 10.8. The zero-order valence-electron chi connectivity index (χ0n) is 18.2. The Morgan fingerprint density at radius 1 is 1.27 bits per heavy atom. The van der Waals surface area contributed by atoms with E-state index in [2.05, 4.69) is 22.2 Å². The maximum Gasteiger partial charge on any atom is 0.224 e. The third kappa shape index (κ3) is 5.99. The fourth-order valence-electron chi connectivity index (χ4n) is 4.22. The molecule has 1 aliphatic rings. The number of likely N-dealkylation sites (tertiary alicyclic amines) is 1. The van der Waals surface area contributed by atoms with Crippen LogP contribution in [0, 0.1) is 19.8 Å². The van der Waals surface area contributed by atoms with Crippen LogP contribution in [0.4, 0.5) is 0 Å². The van der Waals surface area contributed by atoms with E-state index >= 15 is 0 Å². The van der Waals surface area contributed by atoms with Crippen LogP contribution >= 0.6 is 23.2 Å². The SMILES string of the molecule is Cc1nn(-c2ccc(Cl)cc2Cl)c(C)c1CC(=O)NCCCCN1CCCC(C)C1. The number of nitrogens with one attached hydrogen (secondary N) is 1. The van der Waals surface area contributed by atoms with Crippen LogP contribution in [-0.4, -0.2) is 46.8 Å². The standard InChI is InChI=1S/C23H32Cl2N4O/c1-16-7-6-12-28(15-16)11-5-4-10-26-23(30)14-20-17(2)27-29(18(20)3)22-9-8-19(24)13-21(22)25/h8-9,13,16H,4-7,10-12,14-15H2,1-3H3,(H,26,30). The van der Waals surface area contributed by atoms with E-state index in [1.165, 1.54) is 25.9 Å². The Kier molecular flexibility index (Phi) is 8.20. The minimum Gasteiger partial charge on any atom is -0.356 e. The van der Waals surface area contributed by atoms with Gasteiger partial charge >= 0.3 is 0 Å². The molecule has 5 nitrogen and oxygen atoms in total. The van der Waals surface area contributed by atoms with Crippen molar-refractivity contribution in [1.29, 1.82) is 0 Å². The number of carbonyl (C=O) groups excluding carboxylic acids is 1. The summed E-state index contributed by atoms with van der Waals surface area (Å²) < 4.78 is 1.79. The zero-order valence-corrected chi connectivity index (χ0v) is 19.7. The van der Waals surface area contributed by atoms with Crippen LogP contribution in [0.25, 0.3) is 5.69 Å². The highest BCUT2D eigenvalue weighted by Gasteiger charge is 2.18. The first-order valence-corrected chi connectivity index (χ1v) is 11.6. The van der Waals surface area contributed by atoms with E-state index in [1.807, 2.05) is 19.9 Å². The largest absolute Gasteiger partial charge is 0.356 e. The lowest BCUT2D eigenvalue weighted by atomic mass is 10.0. The fourth-order valence-corrected chi connectivity index (χ4v) is 4.71. The zero-order chi connectivity index (χ0) is 21.7. The number of piperidine rings is 1. The van der Waals surface area contributed by atoms with Gasteiger partial charge in [0.1, 0.15) is 0 Å². The number of aryl methyl sites for hydroxylation is 1. The van der Waals surface area contributed by atoms with Crippen LogP contribution in [0.3, 0.4) is 0 Å². The van der Waals surface area contributed by atoms with E-state index in [0.29, 0.717) is 16.5 Å². The second-order valence-electron chi connectivity index (χ2n) is 8.44. The van der Waals surface area contributed by atoms with Crippen molar-refractivity contribution < 1.29 is 4.79 Å².